The number of fused-ring (bicyclic) bond motifs is 5. The van der Waals surface area contributed by atoms with Gasteiger partial charge in [0.05, 0.1) is 5.56 Å². The minimum absolute atomic E-state index is 0.0452. The number of benzene rings is 1. The molecule has 2 aromatic rings. The van der Waals surface area contributed by atoms with Gasteiger partial charge in [-0.1, -0.05) is 35.3 Å². The number of amides is 1. The summed E-state index contributed by atoms with van der Waals surface area (Å²) in [6.45, 7) is -2.77. The molecule has 4 nitrogen and oxygen atoms in total. The Hall–Kier alpha value is -1.92. The molecule has 1 heterocycles. The van der Waals surface area contributed by atoms with Gasteiger partial charge in [-0.25, -0.2) is 8.78 Å². The molecular weight excluding hydrogens is 383 g/mol. The molecule has 1 aromatic heterocycles. The standard InChI is InChI=1S/C18H15Cl2F2N3O/c1-25-7-11(15(24-25)17(21)22)18(26)23-12-4-2-3-8-9-5-6-10(13(8)12)14(9)16(19)20/h2-4,7,9-10,17H,5-6H2,1H3,(H,23,26)/i1D3. The van der Waals surface area contributed by atoms with Crippen LogP contribution >= 0.6 is 23.2 Å². The van der Waals surface area contributed by atoms with Gasteiger partial charge in [0.2, 0.25) is 0 Å². The number of nitrogens with one attached hydrogen (secondary N) is 1. The fourth-order valence-electron chi connectivity index (χ4n) is 4.07. The Morgan fingerprint density at radius 2 is 2.15 bits per heavy atom. The van der Waals surface area contributed by atoms with Gasteiger partial charge in [0.25, 0.3) is 12.3 Å². The van der Waals surface area contributed by atoms with Gasteiger partial charge in [0.15, 0.2) is 0 Å². The molecule has 2 bridgehead atoms. The summed E-state index contributed by atoms with van der Waals surface area (Å²) in [7, 11) is 0. The lowest BCUT2D eigenvalue weighted by Crippen LogP contribution is -2.16. The molecule has 0 spiro atoms. The van der Waals surface area contributed by atoms with Crippen LogP contribution in [0.15, 0.2) is 34.5 Å². The number of hydrogen-bond donors (Lipinski definition) is 1. The van der Waals surface area contributed by atoms with Gasteiger partial charge in [0.1, 0.15) is 10.2 Å². The number of rotatable bonds is 3. The van der Waals surface area contributed by atoms with Crippen LogP contribution in [0.1, 0.15) is 62.4 Å². The number of allylic oxidation sites excluding steroid dienone is 1. The third kappa shape index (κ3) is 2.63. The van der Waals surface area contributed by atoms with Crippen LogP contribution in [0.25, 0.3) is 0 Å². The first kappa shape index (κ1) is 14.2. The minimum Gasteiger partial charge on any atom is -0.322 e. The Kier molecular flexibility index (Phi) is 3.46. The number of anilines is 1. The smallest absolute Gasteiger partial charge is 0.282 e. The van der Waals surface area contributed by atoms with Gasteiger partial charge < -0.3 is 5.32 Å². The highest BCUT2D eigenvalue weighted by molar-refractivity contribution is 6.56. The molecule has 0 radical (unpaired) electrons. The molecule has 2 unspecified atom stereocenters. The van der Waals surface area contributed by atoms with Gasteiger partial charge in [-0.15, -0.1) is 0 Å². The number of aromatic nitrogens is 2. The predicted molar refractivity (Wildman–Crippen MR) is 96.0 cm³/mol. The molecule has 8 heteroatoms. The molecular formula is C18H15Cl2F2N3O. The Labute approximate surface area is 163 Å². The van der Waals surface area contributed by atoms with E-state index in [9.17, 15) is 13.6 Å². The van der Waals surface area contributed by atoms with Crippen LogP contribution in [0.3, 0.4) is 0 Å². The first-order valence-electron chi connectivity index (χ1n) is 9.47. The molecule has 2 aliphatic carbocycles. The number of carbonyl (C=O) groups is 1. The van der Waals surface area contributed by atoms with E-state index < -0.39 is 30.6 Å². The first-order valence-corrected chi connectivity index (χ1v) is 8.72. The lowest BCUT2D eigenvalue weighted by molar-refractivity contribution is 0.101. The molecule has 136 valence electrons. The monoisotopic (exact) mass is 400 g/mol. The lowest BCUT2D eigenvalue weighted by atomic mass is 9.90. The summed E-state index contributed by atoms with van der Waals surface area (Å²) in [5.41, 5.74) is 1.88. The average Bonchev–Trinajstić information content (AvgIpc) is 3.33. The third-order valence-corrected chi connectivity index (χ3v) is 5.46. The minimum atomic E-state index is -3.10. The highest BCUT2D eigenvalue weighted by Crippen LogP contribution is 2.60. The number of carbonyl (C=O) groups excluding carboxylic acids is 1. The summed E-state index contributed by atoms with van der Waals surface area (Å²) in [5, 5.41) is 6.04. The number of aryl methyl sites for hydroxylation is 1. The Balaban J connectivity index is 1.71. The van der Waals surface area contributed by atoms with Gasteiger partial charge >= 0.3 is 0 Å². The van der Waals surface area contributed by atoms with E-state index in [4.69, 9.17) is 27.3 Å². The summed E-state index contributed by atoms with van der Waals surface area (Å²) in [4.78, 5) is 12.8. The van der Waals surface area contributed by atoms with Gasteiger partial charge in [-0.2, -0.15) is 5.10 Å². The Bertz CT molecular complexity index is 1030. The topological polar surface area (TPSA) is 46.9 Å². The van der Waals surface area contributed by atoms with E-state index in [1.54, 1.807) is 12.1 Å². The van der Waals surface area contributed by atoms with Crippen LogP contribution in [-0.4, -0.2) is 15.7 Å². The van der Waals surface area contributed by atoms with E-state index in [1.807, 2.05) is 6.07 Å². The zero-order valence-electron chi connectivity index (χ0n) is 16.3. The molecule has 1 saturated carbocycles. The number of alkyl halides is 2. The molecule has 1 amide bonds. The van der Waals surface area contributed by atoms with E-state index >= 15 is 0 Å². The van der Waals surface area contributed by atoms with E-state index in [0.29, 0.717) is 10.4 Å². The SMILES string of the molecule is [2H]C([2H])([2H])n1cc(C(=O)Nc2cccc3c2C2CCC3C2=C(Cl)Cl)c(C(F)F)n1. The van der Waals surface area contributed by atoms with Crippen LogP contribution in [0, 0.1) is 0 Å². The molecule has 26 heavy (non-hydrogen) atoms. The van der Waals surface area contributed by atoms with E-state index in [2.05, 4.69) is 10.4 Å². The van der Waals surface area contributed by atoms with E-state index in [-0.39, 0.29) is 16.3 Å². The van der Waals surface area contributed by atoms with Gasteiger partial charge in [-0.05, 0) is 35.6 Å². The number of nitrogens with zero attached hydrogens (tertiary/aromatic N) is 2. The van der Waals surface area contributed by atoms with Crippen molar-refractivity contribution < 1.29 is 17.7 Å². The molecule has 0 saturated heterocycles. The fourth-order valence-corrected chi connectivity index (χ4v) is 4.60. The molecule has 2 atom stereocenters. The molecule has 4 rings (SSSR count). The summed E-state index contributed by atoms with van der Waals surface area (Å²) in [6.07, 6.45) is -0.558. The molecule has 1 fully saturated rings. The van der Waals surface area contributed by atoms with Crippen molar-refractivity contribution in [1.82, 2.24) is 9.78 Å². The van der Waals surface area contributed by atoms with E-state index in [1.165, 1.54) is 0 Å². The summed E-state index contributed by atoms with van der Waals surface area (Å²) in [6, 6.07) is 5.37. The lowest BCUT2D eigenvalue weighted by Gasteiger charge is -2.18. The highest BCUT2D eigenvalue weighted by atomic mass is 35.5. The zero-order chi connectivity index (χ0) is 21.1. The van der Waals surface area contributed by atoms with Crippen molar-refractivity contribution >= 4 is 34.8 Å². The zero-order valence-corrected chi connectivity index (χ0v) is 14.8. The van der Waals surface area contributed by atoms with Crippen molar-refractivity contribution in [1.29, 1.82) is 0 Å². The van der Waals surface area contributed by atoms with Crippen molar-refractivity contribution in [3.05, 3.63) is 56.8 Å². The van der Waals surface area contributed by atoms with Crippen molar-refractivity contribution in [2.75, 3.05) is 5.32 Å². The Morgan fingerprint density at radius 1 is 1.38 bits per heavy atom. The summed E-state index contributed by atoms with van der Waals surface area (Å²) in [5.74, 6) is -0.822. The maximum absolute atomic E-state index is 13.3. The first-order chi connectivity index (χ1) is 13.6. The van der Waals surface area contributed by atoms with Gasteiger partial charge in [0, 0.05) is 34.8 Å². The molecule has 2 aliphatic rings. The second-order valence-electron chi connectivity index (χ2n) is 6.33. The number of halogens is 4. The number of hydrogen-bond acceptors (Lipinski definition) is 2. The molecule has 0 aliphatic heterocycles. The van der Waals surface area contributed by atoms with E-state index in [0.717, 1.165) is 35.7 Å². The van der Waals surface area contributed by atoms with Crippen LogP contribution in [0.4, 0.5) is 14.5 Å². The highest BCUT2D eigenvalue weighted by Gasteiger charge is 2.44. The normalized spacial score (nSPS) is 22.8. The molecule has 1 aromatic carbocycles. The summed E-state index contributed by atoms with van der Waals surface area (Å²) < 4.78 is 49.3. The van der Waals surface area contributed by atoms with Crippen molar-refractivity contribution in [2.45, 2.75) is 31.1 Å². The second-order valence-corrected chi connectivity index (χ2v) is 7.28. The van der Waals surface area contributed by atoms with Gasteiger partial charge in [-0.3, -0.25) is 9.48 Å². The quantitative estimate of drug-likeness (QED) is 0.762. The van der Waals surface area contributed by atoms with Crippen LogP contribution in [0.2, 0.25) is 0 Å². The average molecular weight is 401 g/mol. The van der Waals surface area contributed by atoms with Crippen molar-refractivity contribution in [2.24, 2.45) is 6.98 Å². The Morgan fingerprint density at radius 3 is 2.85 bits per heavy atom. The van der Waals surface area contributed by atoms with Crippen LogP contribution in [0.5, 0.6) is 0 Å². The summed E-state index contributed by atoms with van der Waals surface area (Å²) >= 11 is 12.1. The molecule has 1 N–H and O–H groups in total. The maximum Gasteiger partial charge on any atom is 0.282 e. The second kappa shape index (κ2) is 6.35. The third-order valence-electron chi connectivity index (χ3n) is 5.02. The fraction of sp³-hybridized carbons (Fsp3) is 0.333. The van der Waals surface area contributed by atoms with Crippen LogP contribution in [-0.2, 0) is 6.98 Å². The maximum atomic E-state index is 13.3. The van der Waals surface area contributed by atoms with Crippen molar-refractivity contribution in [3.8, 4) is 0 Å². The predicted octanol–water partition coefficient (Wildman–Crippen LogP) is 5.27. The largest absolute Gasteiger partial charge is 0.322 e. The van der Waals surface area contributed by atoms with Crippen molar-refractivity contribution in [3.63, 3.8) is 0 Å². The van der Waals surface area contributed by atoms with Crippen LogP contribution < -0.4 is 5.32 Å².